The Morgan fingerprint density at radius 3 is 2.67 bits per heavy atom. The average Bonchev–Trinajstić information content (AvgIpc) is 3.24. The second-order valence-electron chi connectivity index (χ2n) is 6.85. The van der Waals surface area contributed by atoms with Crippen LogP contribution in [0.15, 0.2) is 48.7 Å². The zero-order valence-electron chi connectivity index (χ0n) is 14.4. The number of aliphatic hydroxyl groups is 1. The molecule has 128 valence electrons. The third kappa shape index (κ3) is 3.39. The number of aliphatic hydroxyl groups excluding tert-OH is 1. The van der Waals surface area contributed by atoms with Crippen molar-refractivity contribution in [3.63, 3.8) is 0 Å². The molecule has 24 heavy (non-hydrogen) atoms. The van der Waals surface area contributed by atoms with Gasteiger partial charge in [0.2, 0.25) is 0 Å². The molecule has 1 saturated heterocycles. The van der Waals surface area contributed by atoms with Crippen LogP contribution in [0.4, 0.5) is 0 Å². The lowest BCUT2D eigenvalue weighted by Gasteiger charge is -2.27. The summed E-state index contributed by atoms with van der Waals surface area (Å²) in [7, 11) is 0. The van der Waals surface area contributed by atoms with Crippen LogP contribution >= 0.6 is 0 Å². The van der Waals surface area contributed by atoms with E-state index in [-0.39, 0.29) is 18.0 Å². The number of nitrogens with zero attached hydrogens (tertiary/aromatic N) is 2. The van der Waals surface area contributed by atoms with Gasteiger partial charge in [-0.3, -0.25) is 4.79 Å². The highest BCUT2D eigenvalue weighted by Gasteiger charge is 2.32. The van der Waals surface area contributed by atoms with E-state index in [9.17, 15) is 9.90 Å². The standard InChI is InChI=1S/C20H26N2O2/c1-15(2)21-12-7-11-18(21)20(24)22-13-6-10-17(22)14-19(23)16-8-4-3-5-9-16/h3-5,7-9,11-12,15,17,19,23H,6,10,13-14H2,1-2H3. The van der Waals surface area contributed by atoms with Gasteiger partial charge in [0, 0.05) is 24.8 Å². The molecule has 1 aliphatic rings. The summed E-state index contributed by atoms with van der Waals surface area (Å²) in [4.78, 5) is 14.9. The first-order valence-electron chi connectivity index (χ1n) is 8.78. The van der Waals surface area contributed by atoms with E-state index in [0.717, 1.165) is 30.6 Å². The van der Waals surface area contributed by atoms with Crippen molar-refractivity contribution in [2.75, 3.05) is 6.54 Å². The lowest BCUT2D eigenvalue weighted by Crippen LogP contribution is -2.37. The smallest absolute Gasteiger partial charge is 0.270 e. The first-order chi connectivity index (χ1) is 11.6. The van der Waals surface area contributed by atoms with E-state index >= 15 is 0 Å². The number of rotatable bonds is 5. The summed E-state index contributed by atoms with van der Waals surface area (Å²) in [6, 6.07) is 13.9. The van der Waals surface area contributed by atoms with Gasteiger partial charge in [-0.2, -0.15) is 0 Å². The molecule has 0 bridgehead atoms. The molecule has 1 amide bonds. The highest BCUT2D eigenvalue weighted by molar-refractivity contribution is 5.93. The van der Waals surface area contributed by atoms with Gasteiger partial charge < -0.3 is 14.6 Å². The highest BCUT2D eigenvalue weighted by atomic mass is 16.3. The molecule has 0 radical (unpaired) electrons. The van der Waals surface area contributed by atoms with Gasteiger partial charge in [-0.1, -0.05) is 30.3 Å². The molecule has 0 saturated carbocycles. The summed E-state index contributed by atoms with van der Waals surface area (Å²) in [6.07, 6.45) is 3.99. The number of aromatic nitrogens is 1. The van der Waals surface area contributed by atoms with Crippen LogP contribution in [0.25, 0.3) is 0 Å². The van der Waals surface area contributed by atoms with Crippen LogP contribution in [-0.2, 0) is 0 Å². The number of carbonyl (C=O) groups is 1. The summed E-state index contributed by atoms with van der Waals surface area (Å²) in [5.41, 5.74) is 1.66. The Morgan fingerprint density at radius 2 is 1.96 bits per heavy atom. The lowest BCUT2D eigenvalue weighted by atomic mass is 10.0. The number of hydrogen-bond acceptors (Lipinski definition) is 2. The molecule has 1 N–H and O–H groups in total. The Labute approximate surface area is 143 Å². The van der Waals surface area contributed by atoms with Gasteiger partial charge >= 0.3 is 0 Å². The van der Waals surface area contributed by atoms with Crippen LogP contribution < -0.4 is 0 Å². The molecular weight excluding hydrogens is 300 g/mol. The molecule has 3 rings (SSSR count). The maximum atomic E-state index is 13.0. The molecule has 2 unspecified atom stereocenters. The van der Waals surface area contributed by atoms with Crippen molar-refractivity contribution in [2.45, 2.75) is 51.3 Å². The molecule has 0 spiro atoms. The van der Waals surface area contributed by atoms with E-state index in [0.29, 0.717) is 6.42 Å². The van der Waals surface area contributed by atoms with Crippen molar-refractivity contribution in [1.82, 2.24) is 9.47 Å². The summed E-state index contributed by atoms with van der Waals surface area (Å²) < 4.78 is 2.02. The molecule has 4 heteroatoms. The minimum Gasteiger partial charge on any atom is -0.388 e. The number of amides is 1. The van der Waals surface area contributed by atoms with Crippen molar-refractivity contribution in [3.05, 3.63) is 59.9 Å². The highest BCUT2D eigenvalue weighted by Crippen LogP contribution is 2.29. The van der Waals surface area contributed by atoms with Crippen molar-refractivity contribution in [1.29, 1.82) is 0 Å². The molecule has 1 aliphatic heterocycles. The largest absolute Gasteiger partial charge is 0.388 e. The van der Waals surface area contributed by atoms with E-state index in [1.54, 1.807) is 0 Å². The summed E-state index contributed by atoms with van der Waals surface area (Å²) in [5.74, 6) is 0.0801. The zero-order valence-corrected chi connectivity index (χ0v) is 14.4. The van der Waals surface area contributed by atoms with E-state index < -0.39 is 6.10 Å². The fourth-order valence-electron chi connectivity index (χ4n) is 3.59. The minimum absolute atomic E-state index is 0.0801. The number of likely N-dealkylation sites (tertiary alicyclic amines) is 1. The Balaban J connectivity index is 1.73. The summed E-state index contributed by atoms with van der Waals surface area (Å²) in [6.45, 7) is 4.93. The molecule has 1 aromatic carbocycles. The van der Waals surface area contributed by atoms with Crippen molar-refractivity contribution in [2.24, 2.45) is 0 Å². The second-order valence-corrected chi connectivity index (χ2v) is 6.85. The fraction of sp³-hybridized carbons (Fsp3) is 0.450. The van der Waals surface area contributed by atoms with Crippen LogP contribution in [0, 0.1) is 0 Å². The number of hydrogen-bond donors (Lipinski definition) is 1. The predicted octanol–water partition coefficient (Wildman–Crippen LogP) is 3.80. The predicted molar refractivity (Wildman–Crippen MR) is 94.9 cm³/mol. The maximum absolute atomic E-state index is 13.0. The Morgan fingerprint density at radius 1 is 1.21 bits per heavy atom. The quantitative estimate of drug-likeness (QED) is 0.908. The van der Waals surface area contributed by atoms with Gasteiger partial charge in [-0.05, 0) is 50.8 Å². The minimum atomic E-state index is -0.526. The van der Waals surface area contributed by atoms with Gasteiger partial charge in [0.1, 0.15) is 5.69 Å². The first kappa shape index (κ1) is 16.8. The molecule has 1 aromatic heterocycles. The number of benzene rings is 1. The monoisotopic (exact) mass is 326 g/mol. The summed E-state index contributed by atoms with van der Waals surface area (Å²) in [5, 5.41) is 10.5. The third-order valence-electron chi connectivity index (χ3n) is 4.87. The molecular formula is C20H26N2O2. The van der Waals surface area contributed by atoms with Gasteiger partial charge in [0.25, 0.3) is 5.91 Å². The Bertz CT molecular complexity index is 678. The topological polar surface area (TPSA) is 45.5 Å². The fourth-order valence-corrected chi connectivity index (χ4v) is 3.59. The van der Waals surface area contributed by atoms with Gasteiger partial charge in [-0.15, -0.1) is 0 Å². The molecule has 2 atom stereocenters. The van der Waals surface area contributed by atoms with Gasteiger partial charge in [0.15, 0.2) is 0 Å². The molecule has 1 fully saturated rings. The van der Waals surface area contributed by atoms with Crippen molar-refractivity contribution >= 4 is 5.91 Å². The molecule has 4 nitrogen and oxygen atoms in total. The summed E-state index contributed by atoms with van der Waals surface area (Å²) >= 11 is 0. The molecule has 2 aromatic rings. The van der Waals surface area contributed by atoms with Crippen LogP contribution in [0.2, 0.25) is 0 Å². The van der Waals surface area contributed by atoms with Gasteiger partial charge in [0.05, 0.1) is 6.10 Å². The number of carbonyl (C=O) groups excluding carboxylic acids is 1. The van der Waals surface area contributed by atoms with Gasteiger partial charge in [-0.25, -0.2) is 0 Å². The van der Waals surface area contributed by atoms with Crippen LogP contribution in [0.5, 0.6) is 0 Å². The Kier molecular flexibility index (Phi) is 5.05. The van der Waals surface area contributed by atoms with Crippen LogP contribution in [-0.4, -0.2) is 33.1 Å². The lowest BCUT2D eigenvalue weighted by molar-refractivity contribution is 0.0655. The zero-order chi connectivity index (χ0) is 17.1. The van der Waals surface area contributed by atoms with Crippen LogP contribution in [0.1, 0.15) is 61.3 Å². The maximum Gasteiger partial charge on any atom is 0.270 e. The SMILES string of the molecule is CC(C)n1cccc1C(=O)N1CCCC1CC(O)c1ccccc1. The average molecular weight is 326 g/mol. The second kappa shape index (κ2) is 7.22. The van der Waals surface area contributed by atoms with Crippen molar-refractivity contribution < 1.29 is 9.90 Å². The van der Waals surface area contributed by atoms with E-state index in [2.05, 4.69) is 13.8 Å². The van der Waals surface area contributed by atoms with Crippen LogP contribution in [0.3, 0.4) is 0 Å². The van der Waals surface area contributed by atoms with Crippen molar-refractivity contribution in [3.8, 4) is 0 Å². The molecule has 0 aliphatic carbocycles. The van der Waals surface area contributed by atoms with E-state index in [1.807, 2.05) is 58.1 Å². The Hall–Kier alpha value is -2.07. The normalized spacial score (nSPS) is 19.0. The third-order valence-corrected chi connectivity index (χ3v) is 4.87. The van der Waals surface area contributed by atoms with E-state index in [1.165, 1.54) is 0 Å². The molecule has 2 heterocycles. The first-order valence-corrected chi connectivity index (χ1v) is 8.78. The van der Waals surface area contributed by atoms with E-state index in [4.69, 9.17) is 0 Å².